The van der Waals surface area contributed by atoms with Crippen molar-refractivity contribution in [2.45, 2.75) is 13.0 Å². The van der Waals surface area contributed by atoms with Gasteiger partial charge in [-0.15, -0.1) is 0 Å². The number of non-ortho nitro benzene ring substituents is 1. The number of nitro benzene ring substituents is 1. The summed E-state index contributed by atoms with van der Waals surface area (Å²) in [6.07, 6.45) is 0. The Labute approximate surface area is 132 Å². The van der Waals surface area contributed by atoms with Crippen LogP contribution in [0.2, 0.25) is 0 Å². The van der Waals surface area contributed by atoms with E-state index in [9.17, 15) is 19.3 Å². The molecule has 0 aliphatic rings. The fourth-order valence-electron chi connectivity index (χ4n) is 2.02. The lowest BCUT2D eigenvalue weighted by molar-refractivity contribution is -0.384. The highest BCUT2D eigenvalue weighted by Crippen LogP contribution is 2.21. The molecule has 2 aromatic rings. The number of nitrogens with one attached hydrogen (secondary N) is 1. The zero-order valence-corrected chi connectivity index (χ0v) is 12.7. The molecule has 1 atom stereocenters. The number of urea groups is 1. The molecule has 0 bridgehead atoms. The molecule has 2 rings (SSSR count). The second kappa shape index (κ2) is 6.87. The highest BCUT2D eigenvalue weighted by molar-refractivity contribution is 5.89. The summed E-state index contributed by atoms with van der Waals surface area (Å²) in [5.74, 6) is -0.334. The molecule has 6 nitrogen and oxygen atoms in total. The number of benzene rings is 2. The largest absolute Gasteiger partial charge is 0.322 e. The van der Waals surface area contributed by atoms with E-state index in [2.05, 4.69) is 5.32 Å². The van der Waals surface area contributed by atoms with Crippen LogP contribution in [-0.4, -0.2) is 22.9 Å². The number of amides is 2. The van der Waals surface area contributed by atoms with E-state index >= 15 is 0 Å². The number of halogens is 1. The summed E-state index contributed by atoms with van der Waals surface area (Å²) in [6.45, 7) is 1.82. The Morgan fingerprint density at radius 2 is 1.74 bits per heavy atom. The smallest absolute Gasteiger partial charge is 0.321 e. The first kappa shape index (κ1) is 16.4. The van der Waals surface area contributed by atoms with Crippen LogP contribution in [0.4, 0.5) is 20.6 Å². The van der Waals surface area contributed by atoms with Crippen molar-refractivity contribution in [3.8, 4) is 0 Å². The van der Waals surface area contributed by atoms with Crippen LogP contribution in [0.3, 0.4) is 0 Å². The third-order valence-electron chi connectivity index (χ3n) is 3.58. The van der Waals surface area contributed by atoms with Crippen LogP contribution in [0.15, 0.2) is 48.5 Å². The van der Waals surface area contributed by atoms with Gasteiger partial charge in [-0.2, -0.15) is 0 Å². The van der Waals surface area contributed by atoms with E-state index in [0.717, 1.165) is 5.56 Å². The van der Waals surface area contributed by atoms with Crippen molar-refractivity contribution in [3.63, 3.8) is 0 Å². The Bertz CT molecular complexity index is 702. The van der Waals surface area contributed by atoms with E-state index in [1.54, 1.807) is 19.2 Å². The van der Waals surface area contributed by atoms with Crippen molar-refractivity contribution in [1.82, 2.24) is 4.90 Å². The maximum absolute atomic E-state index is 12.9. The number of hydrogen-bond acceptors (Lipinski definition) is 3. The van der Waals surface area contributed by atoms with Gasteiger partial charge in [0.1, 0.15) is 5.82 Å². The van der Waals surface area contributed by atoms with E-state index in [0.29, 0.717) is 5.69 Å². The van der Waals surface area contributed by atoms with Gasteiger partial charge in [-0.1, -0.05) is 12.1 Å². The Kier molecular flexibility index (Phi) is 4.90. The predicted octanol–water partition coefficient (Wildman–Crippen LogP) is 3.96. The van der Waals surface area contributed by atoms with Crippen molar-refractivity contribution in [2.75, 3.05) is 12.4 Å². The summed E-state index contributed by atoms with van der Waals surface area (Å²) < 4.78 is 12.9. The number of nitrogens with zero attached hydrogens (tertiary/aromatic N) is 2. The molecule has 120 valence electrons. The Balaban J connectivity index is 2.04. The topological polar surface area (TPSA) is 75.5 Å². The quantitative estimate of drug-likeness (QED) is 0.685. The van der Waals surface area contributed by atoms with Gasteiger partial charge in [-0.05, 0) is 36.8 Å². The van der Waals surface area contributed by atoms with Gasteiger partial charge in [-0.3, -0.25) is 10.1 Å². The van der Waals surface area contributed by atoms with Gasteiger partial charge in [-0.25, -0.2) is 9.18 Å². The molecule has 0 aliphatic carbocycles. The maximum Gasteiger partial charge on any atom is 0.322 e. The van der Waals surface area contributed by atoms with Crippen molar-refractivity contribution in [1.29, 1.82) is 0 Å². The minimum Gasteiger partial charge on any atom is -0.321 e. The van der Waals surface area contributed by atoms with Crippen LogP contribution in [0, 0.1) is 15.9 Å². The Morgan fingerprint density at radius 1 is 1.17 bits per heavy atom. The minimum atomic E-state index is -0.506. The summed E-state index contributed by atoms with van der Waals surface area (Å²) >= 11 is 0. The molecule has 0 saturated carbocycles. The molecule has 1 N–H and O–H groups in total. The van der Waals surface area contributed by atoms with E-state index < -0.39 is 4.92 Å². The first-order valence-electron chi connectivity index (χ1n) is 6.92. The predicted molar refractivity (Wildman–Crippen MR) is 84.7 cm³/mol. The average Bonchev–Trinajstić information content (AvgIpc) is 2.54. The van der Waals surface area contributed by atoms with Gasteiger partial charge >= 0.3 is 6.03 Å². The van der Waals surface area contributed by atoms with Crippen molar-refractivity contribution >= 4 is 17.4 Å². The van der Waals surface area contributed by atoms with Crippen LogP contribution >= 0.6 is 0 Å². The second-order valence-corrected chi connectivity index (χ2v) is 5.07. The molecule has 0 aliphatic heterocycles. The Hall–Kier alpha value is -2.96. The zero-order chi connectivity index (χ0) is 17.0. The summed E-state index contributed by atoms with van der Waals surface area (Å²) in [7, 11) is 1.62. The molecule has 2 aromatic carbocycles. The van der Waals surface area contributed by atoms with Crippen LogP contribution in [0.25, 0.3) is 0 Å². The number of anilines is 1. The lowest BCUT2D eigenvalue weighted by Crippen LogP contribution is -2.33. The SMILES string of the molecule is C[C@@H](c1ccc(F)cc1)N(C)C(=O)Nc1ccc([N+](=O)[O-])cc1. The van der Waals surface area contributed by atoms with Crippen molar-refractivity contribution in [2.24, 2.45) is 0 Å². The number of rotatable bonds is 4. The highest BCUT2D eigenvalue weighted by Gasteiger charge is 2.17. The molecule has 23 heavy (non-hydrogen) atoms. The van der Waals surface area contributed by atoms with Gasteiger partial charge in [0.15, 0.2) is 0 Å². The van der Waals surface area contributed by atoms with Gasteiger partial charge in [0.05, 0.1) is 11.0 Å². The van der Waals surface area contributed by atoms with Crippen molar-refractivity contribution < 1.29 is 14.1 Å². The fraction of sp³-hybridized carbons (Fsp3) is 0.188. The standard InChI is InChI=1S/C16H16FN3O3/c1-11(12-3-5-13(17)6-4-12)19(2)16(21)18-14-7-9-15(10-8-14)20(22)23/h3-11H,1-2H3,(H,18,21)/t11-/m0/s1. The van der Waals surface area contributed by atoms with Crippen LogP contribution in [0.1, 0.15) is 18.5 Å². The molecule has 0 aromatic heterocycles. The summed E-state index contributed by atoms with van der Waals surface area (Å²) in [5, 5.41) is 13.3. The zero-order valence-electron chi connectivity index (χ0n) is 12.7. The average molecular weight is 317 g/mol. The van der Waals surface area contributed by atoms with E-state index in [1.165, 1.54) is 41.3 Å². The van der Waals surface area contributed by atoms with Gasteiger partial charge < -0.3 is 10.2 Å². The van der Waals surface area contributed by atoms with Gasteiger partial charge in [0.25, 0.3) is 5.69 Å². The molecular weight excluding hydrogens is 301 g/mol. The number of carbonyl (C=O) groups is 1. The molecule has 0 spiro atoms. The van der Waals surface area contributed by atoms with E-state index in [4.69, 9.17) is 0 Å². The molecule has 0 heterocycles. The Morgan fingerprint density at radius 3 is 2.26 bits per heavy atom. The van der Waals surface area contributed by atoms with Crippen LogP contribution < -0.4 is 5.32 Å². The first-order chi connectivity index (χ1) is 10.9. The normalized spacial score (nSPS) is 11.6. The first-order valence-corrected chi connectivity index (χ1v) is 6.92. The third kappa shape index (κ3) is 4.03. The van der Waals surface area contributed by atoms with Crippen molar-refractivity contribution in [3.05, 3.63) is 70.0 Å². The lowest BCUT2D eigenvalue weighted by Gasteiger charge is -2.25. The number of hydrogen-bond donors (Lipinski definition) is 1. The van der Waals surface area contributed by atoms with Crippen LogP contribution in [-0.2, 0) is 0 Å². The molecule has 0 saturated heterocycles. The van der Waals surface area contributed by atoms with Gasteiger partial charge in [0, 0.05) is 24.9 Å². The summed E-state index contributed by atoms with van der Waals surface area (Å²) in [6, 6.07) is 10.9. The molecule has 2 amide bonds. The second-order valence-electron chi connectivity index (χ2n) is 5.07. The summed E-state index contributed by atoms with van der Waals surface area (Å²) in [5.41, 5.74) is 1.21. The highest BCUT2D eigenvalue weighted by atomic mass is 19.1. The lowest BCUT2D eigenvalue weighted by atomic mass is 10.1. The van der Waals surface area contributed by atoms with E-state index in [1.807, 2.05) is 6.92 Å². The molecular formula is C16H16FN3O3. The molecule has 7 heteroatoms. The molecule has 0 fully saturated rings. The monoisotopic (exact) mass is 317 g/mol. The van der Waals surface area contributed by atoms with Crippen LogP contribution in [0.5, 0.6) is 0 Å². The van der Waals surface area contributed by atoms with Gasteiger partial charge in [0.2, 0.25) is 0 Å². The number of carbonyl (C=O) groups excluding carboxylic acids is 1. The summed E-state index contributed by atoms with van der Waals surface area (Å²) in [4.78, 5) is 23.8. The maximum atomic E-state index is 12.9. The fourth-order valence-corrected chi connectivity index (χ4v) is 2.02. The number of nitro groups is 1. The van der Waals surface area contributed by atoms with E-state index in [-0.39, 0.29) is 23.6 Å². The third-order valence-corrected chi connectivity index (χ3v) is 3.58. The molecule has 0 unspecified atom stereocenters. The molecule has 0 radical (unpaired) electrons. The minimum absolute atomic E-state index is 0.0453.